The largest absolute Gasteiger partial charge is 0.391 e. The minimum Gasteiger partial charge on any atom is -0.391 e. The first kappa shape index (κ1) is 15.7. The predicted molar refractivity (Wildman–Crippen MR) is 70.0 cm³/mol. The molecule has 0 aliphatic heterocycles. The van der Waals surface area contributed by atoms with E-state index >= 15 is 0 Å². The number of sulfonamides is 1. The topological polar surface area (TPSA) is 114 Å². The Hall–Kier alpha value is -1.38. The van der Waals surface area contributed by atoms with Crippen LogP contribution in [0.5, 0.6) is 0 Å². The van der Waals surface area contributed by atoms with E-state index < -0.39 is 22.0 Å². The summed E-state index contributed by atoms with van der Waals surface area (Å²) in [5.41, 5.74) is 5.22. The lowest BCUT2D eigenvalue weighted by Crippen LogP contribution is -2.34. The summed E-state index contributed by atoms with van der Waals surface area (Å²) in [6.07, 6.45) is 0.526. The first-order valence-corrected chi connectivity index (χ1v) is 7.27. The lowest BCUT2D eigenvalue weighted by atomic mass is 10.1. The maximum atomic E-state index is 12.0. The zero-order chi connectivity index (χ0) is 14.8. The maximum absolute atomic E-state index is 12.0. The minimum absolute atomic E-state index is 0.0558. The van der Waals surface area contributed by atoms with Crippen LogP contribution in [0.2, 0.25) is 0 Å². The highest BCUT2D eigenvalue weighted by atomic mass is 32.2. The number of aromatic nitrogens is 1. The molecule has 108 valence electrons. The molecule has 0 fully saturated rings. The van der Waals surface area contributed by atoms with E-state index in [-0.39, 0.29) is 23.1 Å². The number of nitrogens with zero attached hydrogens (tertiary/aromatic N) is 1. The zero-order valence-corrected chi connectivity index (χ0v) is 11.9. The molecule has 1 heterocycles. The molecule has 0 saturated heterocycles. The lowest BCUT2D eigenvalue weighted by Gasteiger charge is -2.14. The van der Waals surface area contributed by atoms with Gasteiger partial charge >= 0.3 is 0 Å². The Morgan fingerprint density at radius 1 is 1.53 bits per heavy atom. The van der Waals surface area contributed by atoms with E-state index in [9.17, 15) is 18.3 Å². The monoisotopic (exact) mass is 289 g/mol. The summed E-state index contributed by atoms with van der Waals surface area (Å²) < 4.78 is 27.6. The second-order valence-electron chi connectivity index (χ2n) is 4.70. The fourth-order valence-electron chi connectivity index (χ4n) is 1.44. The molecule has 8 heteroatoms. The second-order valence-corrected chi connectivity index (χ2v) is 6.47. The van der Waals surface area contributed by atoms with Gasteiger partial charge in [0.25, 0.3) is 5.91 Å². The van der Waals surface area contributed by atoms with Gasteiger partial charge < -0.3 is 15.4 Å². The van der Waals surface area contributed by atoms with Crippen molar-refractivity contribution in [2.75, 3.05) is 6.54 Å². The highest BCUT2D eigenvalue weighted by Gasteiger charge is 2.21. The van der Waals surface area contributed by atoms with Crippen LogP contribution in [0.25, 0.3) is 0 Å². The number of hydrogen-bond acceptors (Lipinski definition) is 4. The van der Waals surface area contributed by atoms with Crippen molar-refractivity contribution in [3.05, 3.63) is 18.0 Å². The molecule has 1 aromatic rings. The van der Waals surface area contributed by atoms with Gasteiger partial charge in [0.1, 0.15) is 10.6 Å². The van der Waals surface area contributed by atoms with Gasteiger partial charge in [0, 0.05) is 19.8 Å². The number of nitrogens with two attached hydrogens (primary N) is 1. The normalized spacial score (nSPS) is 13.7. The van der Waals surface area contributed by atoms with E-state index in [4.69, 9.17) is 5.73 Å². The summed E-state index contributed by atoms with van der Waals surface area (Å²) in [5, 5.41) is 9.58. The van der Waals surface area contributed by atoms with Crippen LogP contribution in [0.4, 0.5) is 0 Å². The molecule has 1 amide bonds. The zero-order valence-electron chi connectivity index (χ0n) is 11.1. The molecule has 0 radical (unpaired) electrons. The van der Waals surface area contributed by atoms with Gasteiger partial charge in [-0.1, -0.05) is 13.8 Å². The smallest absolute Gasteiger partial charge is 0.265 e. The van der Waals surface area contributed by atoms with Crippen molar-refractivity contribution in [1.82, 2.24) is 9.29 Å². The van der Waals surface area contributed by atoms with Crippen molar-refractivity contribution in [1.29, 1.82) is 0 Å². The van der Waals surface area contributed by atoms with Gasteiger partial charge in [0.15, 0.2) is 0 Å². The number of aliphatic hydroxyl groups is 1. The molecular formula is C11H19N3O4S. The number of aliphatic hydroxyl groups excluding tert-OH is 1. The summed E-state index contributed by atoms with van der Waals surface area (Å²) >= 11 is 0. The summed E-state index contributed by atoms with van der Waals surface area (Å²) in [4.78, 5) is 11.0. The SMILES string of the molecule is CC(C)C(O)CNS(=O)(=O)c1cc(C(N)=O)n(C)c1. The first-order chi connectivity index (χ1) is 8.65. The summed E-state index contributed by atoms with van der Waals surface area (Å²) in [7, 11) is -2.23. The van der Waals surface area contributed by atoms with E-state index in [1.807, 2.05) is 0 Å². The van der Waals surface area contributed by atoms with Crippen LogP contribution in [0.1, 0.15) is 24.3 Å². The Bertz CT molecular complexity index is 562. The van der Waals surface area contributed by atoms with Crippen LogP contribution in [0, 0.1) is 5.92 Å². The van der Waals surface area contributed by atoms with Gasteiger partial charge in [-0.2, -0.15) is 0 Å². The van der Waals surface area contributed by atoms with Gasteiger partial charge in [0.2, 0.25) is 10.0 Å². The van der Waals surface area contributed by atoms with Crippen LogP contribution < -0.4 is 10.5 Å². The Balaban J connectivity index is 2.89. The van der Waals surface area contributed by atoms with Crippen molar-refractivity contribution in [2.45, 2.75) is 24.8 Å². The van der Waals surface area contributed by atoms with Gasteiger partial charge in [-0.05, 0) is 12.0 Å². The third-order valence-electron chi connectivity index (χ3n) is 2.79. The van der Waals surface area contributed by atoms with Crippen LogP contribution in [-0.4, -0.2) is 36.6 Å². The highest BCUT2D eigenvalue weighted by molar-refractivity contribution is 7.89. The van der Waals surface area contributed by atoms with E-state index in [0.29, 0.717) is 0 Å². The third-order valence-corrected chi connectivity index (χ3v) is 4.19. The van der Waals surface area contributed by atoms with E-state index in [1.54, 1.807) is 13.8 Å². The van der Waals surface area contributed by atoms with Gasteiger partial charge in [-0.25, -0.2) is 13.1 Å². The van der Waals surface area contributed by atoms with Crippen molar-refractivity contribution in [2.24, 2.45) is 18.7 Å². The Morgan fingerprint density at radius 3 is 2.53 bits per heavy atom. The Morgan fingerprint density at radius 2 is 2.11 bits per heavy atom. The molecule has 0 spiro atoms. The van der Waals surface area contributed by atoms with Gasteiger partial charge in [-0.15, -0.1) is 0 Å². The van der Waals surface area contributed by atoms with Crippen molar-refractivity contribution in [3.8, 4) is 0 Å². The molecule has 1 aromatic heterocycles. The second kappa shape index (κ2) is 5.72. The molecule has 0 aliphatic carbocycles. The van der Waals surface area contributed by atoms with E-state index in [1.165, 1.54) is 23.9 Å². The Kier molecular flexibility index (Phi) is 4.72. The maximum Gasteiger partial charge on any atom is 0.265 e. The van der Waals surface area contributed by atoms with Crippen molar-refractivity contribution >= 4 is 15.9 Å². The van der Waals surface area contributed by atoms with Gasteiger partial charge in [0.05, 0.1) is 6.10 Å². The van der Waals surface area contributed by atoms with Crippen molar-refractivity contribution < 1.29 is 18.3 Å². The van der Waals surface area contributed by atoms with Crippen LogP contribution in [0.3, 0.4) is 0 Å². The third kappa shape index (κ3) is 3.79. The number of carbonyl (C=O) groups excluding carboxylic acids is 1. The Labute approximate surface area is 112 Å². The molecule has 0 saturated carbocycles. The van der Waals surface area contributed by atoms with Crippen LogP contribution in [-0.2, 0) is 17.1 Å². The number of aryl methyl sites for hydroxylation is 1. The minimum atomic E-state index is -3.76. The number of nitrogens with one attached hydrogen (secondary N) is 1. The molecule has 0 aliphatic rings. The molecule has 0 aromatic carbocycles. The van der Waals surface area contributed by atoms with E-state index in [2.05, 4.69) is 4.72 Å². The molecule has 19 heavy (non-hydrogen) atoms. The molecule has 7 nitrogen and oxygen atoms in total. The average molecular weight is 289 g/mol. The van der Waals surface area contributed by atoms with Gasteiger partial charge in [-0.3, -0.25) is 4.79 Å². The number of primary amides is 1. The molecule has 1 unspecified atom stereocenters. The fourth-order valence-corrected chi connectivity index (χ4v) is 2.56. The molecule has 4 N–H and O–H groups in total. The molecular weight excluding hydrogens is 270 g/mol. The number of amides is 1. The molecule has 0 bridgehead atoms. The first-order valence-electron chi connectivity index (χ1n) is 5.79. The van der Waals surface area contributed by atoms with Crippen LogP contribution in [0.15, 0.2) is 17.2 Å². The lowest BCUT2D eigenvalue weighted by molar-refractivity contribution is 0.0992. The van der Waals surface area contributed by atoms with Crippen LogP contribution >= 0.6 is 0 Å². The fraction of sp³-hybridized carbons (Fsp3) is 0.545. The summed E-state index contributed by atoms with van der Waals surface area (Å²) in [6, 6.07) is 1.20. The predicted octanol–water partition coefficient (Wildman–Crippen LogP) is -0.581. The van der Waals surface area contributed by atoms with E-state index in [0.717, 1.165) is 0 Å². The quantitative estimate of drug-likeness (QED) is 0.650. The molecule has 1 rings (SSSR count). The number of rotatable bonds is 6. The molecule has 1 atom stereocenters. The number of carbonyl (C=O) groups is 1. The summed E-state index contributed by atoms with van der Waals surface area (Å²) in [6.45, 7) is 3.49. The standard InChI is InChI=1S/C11H19N3O4S/c1-7(2)10(15)5-13-19(17,18)8-4-9(11(12)16)14(3)6-8/h4,6-7,10,13,15H,5H2,1-3H3,(H2,12,16). The van der Waals surface area contributed by atoms with Crippen molar-refractivity contribution in [3.63, 3.8) is 0 Å². The number of hydrogen-bond donors (Lipinski definition) is 3. The summed E-state index contributed by atoms with van der Waals surface area (Å²) in [5.74, 6) is -0.759. The average Bonchev–Trinajstić information content (AvgIpc) is 2.69. The highest BCUT2D eigenvalue weighted by Crippen LogP contribution is 2.13.